The Kier molecular flexibility index (Phi) is 5.98. The summed E-state index contributed by atoms with van der Waals surface area (Å²) in [6.45, 7) is 5.19. The molecule has 0 aliphatic heterocycles. The van der Waals surface area contributed by atoms with E-state index in [1.54, 1.807) is 31.5 Å². The average Bonchev–Trinajstić information content (AvgIpc) is 2.73. The van der Waals surface area contributed by atoms with E-state index in [1.165, 1.54) is 25.3 Å². The molecule has 0 fully saturated rings. The minimum atomic E-state index is -0.492. The van der Waals surface area contributed by atoms with Gasteiger partial charge in [0.2, 0.25) is 17.7 Å². The van der Waals surface area contributed by atoms with Gasteiger partial charge in [0.1, 0.15) is 11.6 Å². The second kappa shape index (κ2) is 8.79. The molecule has 0 aliphatic rings. The number of carbonyl (C=O) groups excluding carboxylic acids is 1. The van der Waals surface area contributed by atoms with Crippen LogP contribution in [0.2, 0.25) is 0 Å². The van der Waals surface area contributed by atoms with E-state index < -0.39 is 5.82 Å². The van der Waals surface area contributed by atoms with Gasteiger partial charge in [-0.15, -0.1) is 0 Å². The van der Waals surface area contributed by atoms with E-state index in [4.69, 9.17) is 4.74 Å². The van der Waals surface area contributed by atoms with Crippen LogP contribution in [0.4, 0.5) is 33.2 Å². The third-order valence-corrected chi connectivity index (χ3v) is 3.85. The van der Waals surface area contributed by atoms with Crippen LogP contribution in [0.15, 0.2) is 55.4 Å². The van der Waals surface area contributed by atoms with Crippen LogP contribution in [0.3, 0.4) is 0 Å². The highest BCUT2D eigenvalue weighted by Gasteiger charge is 2.10. The lowest BCUT2D eigenvalue weighted by atomic mass is 10.2. The SMILES string of the molecule is C=CC(=O)Nc1ccc(F)c(Nc2nc(Nc3ccc(OC)nc3)ncc2C)c1. The maximum Gasteiger partial charge on any atom is 0.247 e. The van der Waals surface area contributed by atoms with Crippen molar-refractivity contribution in [2.75, 3.05) is 23.1 Å². The smallest absolute Gasteiger partial charge is 0.247 e. The molecule has 0 spiro atoms. The molecule has 0 unspecified atom stereocenters. The maximum atomic E-state index is 14.3. The highest BCUT2D eigenvalue weighted by molar-refractivity contribution is 5.99. The topological polar surface area (TPSA) is 101 Å². The Balaban J connectivity index is 1.82. The van der Waals surface area contributed by atoms with Crippen molar-refractivity contribution < 1.29 is 13.9 Å². The molecule has 3 N–H and O–H groups in total. The van der Waals surface area contributed by atoms with Crippen molar-refractivity contribution in [1.82, 2.24) is 15.0 Å². The lowest BCUT2D eigenvalue weighted by molar-refractivity contribution is -0.111. The first-order valence-corrected chi connectivity index (χ1v) is 8.59. The zero-order valence-electron chi connectivity index (χ0n) is 15.9. The standard InChI is InChI=1S/C20H19FN6O2/c1-4-17(28)24-13-5-7-15(21)16(9-13)26-19-12(2)10-23-20(27-19)25-14-6-8-18(29-3)22-11-14/h4-11H,1H2,2-3H3,(H,24,28)(H2,23,25,26,27). The average molecular weight is 394 g/mol. The molecule has 2 heterocycles. The number of pyridine rings is 1. The fourth-order valence-electron chi connectivity index (χ4n) is 2.35. The first kappa shape index (κ1) is 19.7. The van der Waals surface area contributed by atoms with Crippen molar-refractivity contribution in [2.24, 2.45) is 0 Å². The molecule has 3 aromatic rings. The molecule has 9 heteroatoms. The maximum absolute atomic E-state index is 14.3. The number of rotatable bonds is 7. The highest BCUT2D eigenvalue weighted by atomic mass is 19.1. The molecule has 8 nitrogen and oxygen atoms in total. The van der Waals surface area contributed by atoms with Crippen molar-refractivity contribution in [3.8, 4) is 5.88 Å². The molecular formula is C20H19FN6O2. The fourth-order valence-corrected chi connectivity index (χ4v) is 2.35. The molecule has 0 saturated heterocycles. The number of hydrogen-bond acceptors (Lipinski definition) is 7. The molecule has 2 aromatic heterocycles. The Labute approximate surface area is 166 Å². The van der Waals surface area contributed by atoms with Crippen LogP contribution in [0, 0.1) is 12.7 Å². The number of hydrogen-bond donors (Lipinski definition) is 3. The number of ether oxygens (including phenoxy) is 1. The first-order valence-electron chi connectivity index (χ1n) is 8.59. The molecule has 1 amide bonds. The Morgan fingerprint density at radius 1 is 1.14 bits per heavy atom. The van der Waals surface area contributed by atoms with Crippen molar-refractivity contribution in [1.29, 1.82) is 0 Å². The third kappa shape index (κ3) is 5.04. The van der Waals surface area contributed by atoms with E-state index >= 15 is 0 Å². The van der Waals surface area contributed by atoms with Crippen molar-refractivity contribution in [3.05, 3.63) is 66.8 Å². The Morgan fingerprint density at radius 3 is 2.62 bits per heavy atom. The number of anilines is 5. The zero-order chi connectivity index (χ0) is 20.8. The van der Waals surface area contributed by atoms with Gasteiger partial charge in [-0.3, -0.25) is 4.79 Å². The van der Waals surface area contributed by atoms with Crippen LogP contribution >= 0.6 is 0 Å². The Hall–Kier alpha value is -4.01. The van der Waals surface area contributed by atoms with Gasteiger partial charge >= 0.3 is 0 Å². The molecule has 3 rings (SSSR count). The van der Waals surface area contributed by atoms with E-state index in [2.05, 4.69) is 37.5 Å². The summed E-state index contributed by atoms with van der Waals surface area (Å²) in [6, 6.07) is 7.65. The van der Waals surface area contributed by atoms with E-state index in [0.717, 1.165) is 6.08 Å². The number of benzene rings is 1. The first-order chi connectivity index (χ1) is 14.0. The molecule has 0 saturated carbocycles. The van der Waals surface area contributed by atoms with Crippen LogP contribution < -0.4 is 20.7 Å². The molecule has 0 atom stereocenters. The number of nitrogens with zero attached hydrogens (tertiary/aromatic N) is 3. The van der Waals surface area contributed by atoms with E-state index in [-0.39, 0.29) is 11.6 Å². The van der Waals surface area contributed by atoms with Gasteiger partial charge in [0, 0.05) is 23.5 Å². The second-order valence-corrected chi connectivity index (χ2v) is 5.95. The van der Waals surface area contributed by atoms with Gasteiger partial charge in [-0.2, -0.15) is 4.98 Å². The van der Waals surface area contributed by atoms with Crippen LogP contribution in [0.5, 0.6) is 5.88 Å². The Bertz CT molecular complexity index is 1040. The highest BCUT2D eigenvalue weighted by Crippen LogP contribution is 2.25. The summed E-state index contributed by atoms with van der Waals surface area (Å²) in [5.74, 6) is 0.326. The minimum Gasteiger partial charge on any atom is -0.481 e. The van der Waals surface area contributed by atoms with Crippen LogP contribution in [-0.2, 0) is 4.79 Å². The summed E-state index contributed by atoms with van der Waals surface area (Å²) in [6.07, 6.45) is 4.33. The molecular weight excluding hydrogens is 375 g/mol. The van der Waals surface area contributed by atoms with Crippen LogP contribution in [0.25, 0.3) is 0 Å². The van der Waals surface area contributed by atoms with E-state index in [0.29, 0.717) is 34.6 Å². The summed E-state index contributed by atoms with van der Waals surface area (Å²) >= 11 is 0. The predicted octanol–water partition coefficient (Wildman–Crippen LogP) is 3.94. The number of halogens is 1. The van der Waals surface area contributed by atoms with E-state index in [1.807, 2.05) is 0 Å². The molecule has 0 aliphatic carbocycles. The van der Waals surface area contributed by atoms with Crippen molar-refractivity contribution >= 4 is 34.7 Å². The summed E-state index contributed by atoms with van der Waals surface area (Å²) in [7, 11) is 1.54. The lowest BCUT2D eigenvalue weighted by Crippen LogP contribution is -2.08. The van der Waals surface area contributed by atoms with Gasteiger partial charge in [-0.25, -0.2) is 14.4 Å². The molecule has 29 heavy (non-hydrogen) atoms. The summed E-state index contributed by atoms with van der Waals surface area (Å²) in [4.78, 5) is 24.2. The van der Waals surface area contributed by atoms with Crippen molar-refractivity contribution in [3.63, 3.8) is 0 Å². The summed E-state index contributed by atoms with van der Waals surface area (Å²) in [5.41, 5.74) is 1.96. The van der Waals surface area contributed by atoms with Gasteiger partial charge in [0.05, 0.1) is 24.7 Å². The summed E-state index contributed by atoms with van der Waals surface area (Å²) < 4.78 is 19.3. The molecule has 1 aromatic carbocycles. The lowest BCUT2D eigenvalue weighted by Gasteiger charge is -2.13. The van der Waals surface area contributed by atoms with E-state index in [9.17, 15) is 9.18 Å². The summed E-state index contributed by atoms with van der Waals surface area (Å²) in [5, 5.41) is 8.55. The Morgan fingerprint density at radius 2 is 1.93 bits per heavy atom. The minimum absolute atomic E-state index is 0.158. The number of methoxy groups -OCH3 is 1. The van der Waals surface area contributed by atoms with Gasteiger partial charge in [0.25, 0.3) is 0 Å². The van der Waals surface area contributed by atoms with Gasteiger partial charge in [-0.1, -0.05) is 6.58 Å². The number of aryl methyl sites for hydroxylation is 1. The van der Waals surface area contributed by atoms with Gasteiger partial charge < -0.3 is 20.7 Å². The van der Waals surface area contributed by atoms with Crippen LogP contribution in [-0.4, -0.2) is 28.0 Å². The number of aromatic nitrogens is 3. The van der Waals surface area contributed by atoms with Crippen molar-refractivity contribution in [2.45, 2.75) is 6.92 Å². The number of carbonyl (C=O) groups is 1. The number of amides is 1. The van der Waals surface area contributed by atoms with Gasteiger partial charge in [-0.05, 0) is 37.3 Å². The predicted molar refractivity (Wildman–Crippen MR) is 109 cm³/mol. The van der Waals surface area contributed by atoms with Gasteiger partial charge in [0.15, 0.2) is 0 Å². The number of nitrogens with one attached hydrogen (secondary N) is 3. The molecule has 0 radical (unpaired) electrons. The second-order valence-electron chi connectivity index (χ2n) is 5.95. The monoisotopic (exact) mass is 394 g/mol. The largest absolute Gasteiger partial charge is 0.481 e. The fraction of sp³-hybridized carbons (Fsp3) is 0.100. The molecule has 0 bridgehead atoms. The normalized spacial score (nSPS) is 10.2. The third-order valence-electron chi connectivity index (χ3n) is 3.85. The van der Waals surface area contributed by atoms with Crippen LogP contribution in [0.1, 0.15) is 5.56 Å². The quantitative estimate of drug-likeness (QED) is 0.522. The zero-order valence-corrected chi connectivity index (χ0v) is 15.9. The molecule has 148 valence electrons.